The third kappa shape index (κ3) is 2.20. The van der Waals surface area contributed by atoms with Crippen LogP contribution in [0, 0.1) is 0 Å². The van der Waals surface area contributed by atoms with Gasteiger partial charge in [-0.25, -0.2) is 0 Å². The van der Waals surface area contributed by atoms with E-state index in [4.69, 9.17) is 5.73 Å². The van der Waals surface area contributed by atoms with Gasteiger partial charge in [0.2, 0.25) is 0 Å². The summed E-state index contributed by atoms with van der Waals surface area (Å²) in [5.41, 5.74) is 10.6. The molecule has 0 radical (unpaired) electrons. The van der Waals surface area contributed by atoms with Crippen molar-refractivity contribution >= 4 is 16.7 Å². The minimum absolute atomic E-state index is 0.129. The first-order chi connectivity index (χ1) is 9.77. The summed E-state index contributed by atoms with van der Waals surface area (Å²) < 4.78 is 3.85. The van der Waals surface area contributed by atoms with Crippen molar-refractivity contribution < 1.29 is 0 Å². The number of nitrogens with two attached hydrogens (primary N) is 1. The molecule has 4 heteroatoms. The Bertz CT molecular complexity index is 796. The first-order valence-electron chi connectivity index (χ1n) is 7.17. The first-order valence-corrected chi connectivity index (χ1v) is 7.17. The lowest BCUT2D eigenvalue weighted by atomic mass is 9.86. The Morgan fingerprint density at radius 2 is 1.81 bits per heavy atom. The predicted octanol–water partition coefficient (Wildman–Crippen LogP) is 3.46. The highest BCUT2D eigenvalue weighted by Crippen LogP contribution is 2.33. The van der Waals surface area contributed by atoms with Gasteiger partial charge in [0.25, 0.3) is 0 Å². The zero-order valence-electron chi connectivity index (χ0n) is 13.3. The first kappa shape index (κ1) is 13.7. The molecule has 3 rings (SSSR count). The van der Waals surface area contributed by atoms with Crippen molar-refractivity contribution in [2.45, 2.75) is 26.2 Å². The van der Waals surface area contributed by atoms with Crippen LogP contribution in [0.4, 0.5) is 5.82 Å². The summed E-state index contributed by atoms with van der Waals surface area (Å²) in [5, 5.41) is 5.74. The Morgan fingerprint density at radius 3 is 2.38 bits per heavy atom. The third-order valence-electron chi connectivity index (χ3n) is 4.05. The molecular formula is C17H22N4. The van der Waals surface area contributed by atoms with Gasteiger partial charge in [0.15, 0.2) is 0 Å². The monoisotopic (exact) mass is 282 g/mol. The summed E-state index contributed by atoms with van der Waals surface area (Å²) in [6.07, 6.45) is 2.12. The molecule has 0 aliphatic rings. The molecule has 0 saturated heterocycles. The number of benzene rings is 1. The van der Waals surface area contributed by atoms with Gasteiger partial charge in [-0.2, -0.15) is 5.10 Å². The van der Waals surface area contributed by atoms with Crippen molar-refractivity contribution in [2.75, 3.05) is 5.73 Å². The van der Waals surface area contributed by atoms with E-state index >= 15 is 0 Å². The number of rotatable bonds is 1. The van der Waals surface area contributed by atoms with Crippen LogP contribution in [-0.4, -0.2) is 14.3 Å². The van der Waals surface area contributed by atoms with Gasteiger partial charge in [-0.3, -0.25) is 4.68 Å². The van der Waals surface area contributed by atoms with Gasteiger partial charge in [0.05, 0.1) is 5.69 Å². The summed E-state index contributed by atoms with van der Waals surface area (Å²) in [4.78, 5) is 0. The van der Waals surface area contributed by atoms with E-state index < -0.39 is 0 Å². The Kier molecular flexibility index (Phi) is 2.87. The Balaban J connectivity index is 2.27. The lowest BCUT2D eigenvalue weighted by molar-refractivity contribution is 0.591. The van der Waals surface area contributed by atoms with Crippen LogP contribution in [-0.2, 0) is 19.5 Å². The molecule has 0 atom stereocenters. The number of aromatic nitrogens is 3. The minimum Gasteiger partial charge on any atom is -0.384 e. The maximum Gasteiger partial charge on any atom is 0.121 e. The fourth-order valence-electron chi connectivity index (χ4n) is 2.68. The van der Waals surface area contributed by atoms with E-state index in [9.17, 15) is 0 Å². The van der Waals surface area contributed by atoms with Gasteiger partial charge in [0.1, 0.15) is 5.82 Å². The van der Waals surface area contributed by atoms with E-state index in [2.05, 4.69) is 61.9 Å². The van der Waals surface area contributed by atoms with E-state index in [1.165, 1.54) is 16.5 Å². The second-order valence-corrected chi connectivity index (χ2v) is 6.71. The van der Waals surface area contributed by atoms with Crippen molar-refractivity contribution in [3.63, 3.8) is 0 Å². The molecule has 0 amide bonds. The van der Waals surface area contributed by atoms with Crippen LogP contribution in [0.2, 0.25) is 0 Å². The quantitative estimate of drug-likeness (QED) is 0.743. The fraction of sp³-hybridized carbons (Fsp3) is 0.353. The summed E-state index contributed by atoms with van der Waals surface area (Å²) in [6, 6.07) is 8.60. The second kappa shape index (κ2) is 4.38. The summed E-state index contributed by atoms with van der Waals surface area (Å²) in [5.74, 6) is 0.675. The summed E-state index contributed by atoms with van der Waals surface area (Å²) >= 11 is 0. The van der Waals surface area contributed by atoms with E-state index in [1.54, 1.807) is 4.68 Å². The Hall–Kier alpha value is -2.23. The number of anilines is 1. The van der Waals surface area contributed by atoms with Crippen molar-refractivity contribution in [1.29, 1.82) is 0 Å². The summed E-state index contributed by atoms with van der Waals surface area (Å²) in [7, 11) is 3.93. The molecule has 4 nitrogen and oxygen atoms in total. The highest BCUT2D eigenvalue weighted by atomic mass is 15.3. The molecule has 3 aromatic rings. The maximum absolute atomic E-state index is 5.92. The SMILES string of the molecule is Cn1nc(-c2cn(C)c3ccc(C(C)(C)C)cc23)cc1N. The molecule has 2 heterocycles. The topological polar surface area (TPSA) is 48.8 Å². The van der Waals surface area contributed by atoms with Gasteiger partial charge in [-0.1, -0.05) is 26.8 Å². The molecular weight excluding hydrogens is 260 g/mol. The highest BCUT2D eigenvalue weighted by Gasteiger charge is 2.17. The van der Waals surface area contributed by atoms with Crippen LogP contribution >= 0.6 is 0 Å². The number of nitrogen functional groups attached to an aromatic ring is 1. The summed E-state index contributed by atoms with van der Waals surface area (Å²) in [6.45, 7) is 6.70. The van der Waals surface area contributed by atoms with Crippen LogP contribution in [0.3, 0.4) is 0 Å². The lowest BCUT2D eigenvalue weighted by Gasteiger charge is -2.19. The zero-order chi connectivity index (χ0) is 15.4. The van der Waals surface area contributed by atoms with Gasteiger partial charge in [-0.05, 0) is 23.1 Å². The predicted molar refractivity (Wildman–Crippen MR) is 88.2 cm³/mol. The van der Waals surface area contributed by atoms with Crippen molar-refractivity contribution in [3.05, 3.63) is 36.0 Å². The Labute approximate surface area is 125 Å². The smallest absolute Gasteiger partial charge is 0.121 e. The molecule has 0 aliphatic carbocycles. The molecule has 0 spiro atoms. The van der Waals surface area contributed by atoms with Crippen molar-refractivity contribution in [2.24, 2.45) is 14.1 Å². The number of fused-ring (bicyclic) bond motifs is 1. The van der Waals surface area contributed by atoms with Gasteiger partial charge < -0.3 is 10.3 Å². The largest absolute Gasteiger partial charge is 0.384 e. The van der Waals surface area contributed by atoms with E-state index in [1.807, 2.05) is 13.1 Å². The number of hydrogen-bond donors (Lipinski definition) is 1. The molecule has 21 heavy (non-hydrogen) atoms. The van der Waals surface area contributed by atoms with Gasteiger partial charge >= 0.3 is 0 Å². The molecule has 2 aromatic heterocycles. The average molecular weight is 282 g/mol. The van der Waals surface area contributed by atoms with Gasteiger partial charge in [-0.15, -0.1) is 0 Å². The maximum atomic E-state index is 5.92. The van der Waals surface area contributed by atoms with E-state index in [0.717, 1.165) is 11.3 Å². The number of aryl methyl sites for hydroxylation is 2. The molecule has 1 aromatic carbocycles. The molecule has 0 fully saturated rings. The zero-order valence-corrected chi connectivity index (χ0v) is 13.3. The van der Waals surface area contributed by atoms with E-state index in [-0.39, 0.29) is 5.41 Å². The van der Waals surface area contributed by atoms with Crippen LogP contribution in [0.25, 0.3) is 22.2 Å². The van der Waals surface area contributed by atoms with Crippen LogP contribution < -0.4 is 5.73 Å². The molecule has 110 valence electrons. The minimum atomic E-state index is 0.129. The third-order valence-corrected chi connectivity index (χ3v) is 4.05. The second-order valence-electron chi connectivity index (χ2n) is 6.71. The van der Waals surface area contributed by atoms with Crippen LogP contribution in [0.5, 0.6) is 0 Å². The van der Waals surface area contributed by atoms with Crippen molar-refractivity contribution in [1.82, 2.24) is 14.3 Å². The number of nitrogens with zero attached hydrogens (tertiary/aromatic N) is 3. The fourth-order valence-corrected chi connectivity index (χ4v) is 2.68. The van der Waals surface area contributed by atoms with E-state index in [0.29, 0.717) is 5.82 Å². The average Bonchev–Trinajstić information content (AvgIpc) is 2.90. The van der Waals surface area contributed by atoms with Crippen molar-refractivity contribution in [3.8, 4) is 11.3 Å². The molecule has 0 bridgehead atoms. The Morgan fingerprint density at radius 1 is 1.10 bits per heavy atom. The molecule has 2 N–H and O–H groups in total. The highest BCUT2D eigenvalue weighted by molar-refractivity contribution is 5.96. The normalized spacial score (nSPS) is 12.2. The number of hydrogen-bond acceptors (Lipinski definition) is 2. The standard InChI is InChI=1S/C17H22N4/c1-17(2,3)11-6-7-15-12(8-11)13(10-20(15)4)14-9-16(18)21(5)19-14/h6-10H,18H2,1-5H3. The molecule has 0 saturated carbocycles. The molecule has 0 unspecified atom stereocenters. The lowest BCUT2D eigenvalue weighted by Crippen LogP contribution is -2.10. The van der Waals surface area contributed by atoms with Crippen LogP contribution in [0.15, 0.2) is 30.5 Å². The molecule has 0 aliphatic heterocycles. The van der Waals surface area contributed by atoms with Gasteiger partial charge in [0, 0.05) is 42.8 Å². The van der Waals surface area contributed by atoms with Crippen LogP contribution in [0.1, 0.15) is 26.3 Å².